The summed E-state index contributed by atoms with van der Waals surface area (Å²) in [6.45, 7) is 3.79. The number of hydrogen-bond acceptors (Lipinski definition) is 5. The molecular weight excluding hydrogens is 488 g/mol. The third kappa shape index (κ3) is 5.54. The first-order chi connectivity index (χ1) is 16.9. The molecular formula is C24H25F6N5O. The van der Waals surface area contributed by atoms with E-state index < -0.39 is 35.1 Å². The summed E-state index contributed by atoms with van der Waals surface area (Å²) in [6.07, 6.45) is -9.59. The molecule has 0 aliphatic carbocycles. The summed E-state index contributed by atoms with van der Waals surface area (Å²) in [7, 11) is 0. The number of piperidine rings is 1. The van der Waals surface area contributed by atoms with E-state index in [0.29, 0.717) is 37.3 Å². The fourth-order valence-corrected chi connectivity index (χ4v) is 4.49. The first-order valence-corrected chi connectivity index (χ1v) is 11.3. The number of tetrazole rings is 1. The van der Waals surface area contributed by atoms with E-state index in [2.05, 4.69) is 20.8 Å². The van der Waals surface area contributed by atoms with E-state index >= 15 is 0 Å². The van der Waals surface area contributed by atoms with Gasteiger partial charge in [0, 0.05) is 6.54 Å². The molecule has 1 fully saturated rings. The van der Waals surface area contributed by atoms with Gasteiger partial charge in [-0.05, 0) is 66.4 Å². The van der Waals surface area contributed by atoms with Crippen LogP contribution in [0.4, 0.5) is 26.3 Å². The zero-order valence-corrected chi connectivity index (χ0v) is 19.6. The Morgan fingerprint density at radius 3 is 2.19 bits per heavy atom. The number of alkyl halides is 6. The van der Waals surface area contributed by atoms with E-state index in [1.165, 1.54) is 6.92 Å². The monoisotopic (exact) mass is 513 g/mol. The van der Waals surface area contributed by atoms with Gasteiger partial charge in [-0.15, -0.1) is 5.10 Å². The van der Waals surface area contributed by atoms with Crippen molar-refractivity contribution in [2.75, 3.05) is 13.2 Å². The molecule has 1 aliphatic heterocycles. The highest BCUT2D eigenvalue weighted by molar-refractivity contribution is 5.35. The minimum atomic E-state index is -4.92. The van der Waals surface area contributed by atoms with Crippen molar-refractivity contribution >= 4 is 0 Å². The lowest BCUT2D eigenvalue weighted by molar-refractivity contribution is -0.143. The first kappa shape index (κ1) is 26.1. The molecule has 12 heteroatoms. The SMILES string of the molecule is Cc1nnnn1C1CCC(COC(C)c2cc(C(F)(F)F)cc(C(F)(F)F)c2)(c2ccccc2)NC1. The predicted octanol–water partition coefficient (Wildman–Crippen LogP) is 5.62. The molecule has 1 aliphatic rings. The second kappa shape index (κ2) is 9.81. The summed E-state index contributed by atoms with van der Waals surface area (Å²) in [4.78, 5) is 0. The summed E-state index contributed by atoms with van der Waals surface area (Å²) in [6, 6.07) is 10.9. The number of aryl methyl sites for hydroxylation is 1. The summed E-state index contributed by atoms with van der Waals surface area (Å²) in [5, 5.41) is 15.1. The smallest absolute Gasteiger partial charge is 0.372 e. The van der Waals surface area contributed by atoms with Crippen LogP contribution in [-0.4, -0.2) is 33.4 Å². The zero-order chi connectivity index (χ0) is 26.1. The molecule has 3 atom stereocenters. The lowest BCUT2D eigenvalue weighted by Gasteiger charge is -2.42. The van der Waals surface area contributed by atoms with Crippen molar-refractivity contribution in [2.24, 2.45) is 0 Å². The van der Waals surface area contributed by atoms with Gasteiger partial charge in [0.05, 0.1) is 35.4 Å². The van der Waals surface area contributed by atoms with Crippen molar-refractivity contribution in [1.29, 1.82) is 0 Å². The summed E-state index contributed by atoms with van der Waals surface area (Å²) >= 11 is 0. The van der Waals surface area contributed by atoms with Crippen LogP contribution in [0.25, 0.3) is 0 Å². The third-order valence-corrected chi connectivity index (χ3v) is 6.57. The number of hydrogen-bond donors (Lipinski definition) is 1. The molecule has 1 aromatic heterocycles. The van der Waals surface area contributed by atoms with Crippen LogP contribution < -0.4 is 5.32 Å². The Balaban J connectivity index is 1.57. The highest BCUT2D eigenvalue weighted by Gasteiger charge is 2.40. The van der Waals surface area contributed by atoms with Crippen LogP contribution in [0.2, 0.25) is 0 Å². The second-order valence-corrected chi connectivity index (χ2v) is 8.98. The second-order valence-electron chi connectivity index (χ2n) is 8.98. The van der Waals surface area contributed by atoms with E-state index in [4.69, 9.17) is 4.74 Å². The zero-order valence-electron chi connectivity index (χ0n) is 19.6. The minimum absolute atomic E-state index is 0.00734. The summed E-state index contributed by atoms with van der Waals surface area (Å²) in [5.41, 5.74) is -2.71. The first-order valence-electron chi connectivity index (χ1n) is 11.3. The molecule has 36 heavy (non-hydrogen) atoms. The number of halogens is 6. The summed E-state index contributed by atoms with van der Waals surface area (Å²) < 4.78 is 87.5. The number of benzene rings is 2. The fraction of sp³-hybridized carbons (Fsp3) is 0.458. The topological polar surface area (TPSA) is 64.9 Å². The van der Waals surface area contributed by atoms with E-state index in [0.717, 1.165) is 5.56 Å². The molecule has 194 valence electrons. The highest BCUT2D eigenvalue weighted by atomic mass is 19.4. The predicted molar refractivity (Wildman–Crippen MR) is 118 cm³/mol. The van der Waals surface area contributed by atoms with Gasteiger partial charge in [-0.2, -0.15) is 26.3 Å². The molecule has 0 spiro atoms. The van der Waals surface area contributed by atoms with E-state index in [1.54, 1.807) is 11.6 Å². The largest absolute Gasteiger partial charge is 0.416 e. The standard InChI is InChI=1S/C24H25F6N5O/c1-15(17-10-19(23(25,26)27)12-20(11-17)24(28,29)30)36-14-22(18-6-4-3-5-7-18)9-8-21(13-31-22)35-16(2)32-33-34-35/h3-7,10-12,15,21,31H,8-9,13-14H2,1-2H3. The van der Waals surface area contributed by atoms with Gasteiger partial charge in [-0.25, -0.2) is 4.68 Å². The lowest BCUT2D eigenvalue weighted by atomic mass is 9.81. The van der Waals surface area contributed by atoms with Crippen LogP contribution in [-0.2, 0) is 22.6 Å². The Morgan fingerprint density at radius 2 is 1.69 bits per heavy atom. The lowest BCUT2D eigenvalue weighted by Crippen LogP contribution is -2.52. The van der Waals surface area contributed by atoms with E-state index in [-0.39, 0.29) is 24.3 Å². The number of aromatic nitrogens is 4. The van der Waals surface area contributed by atoms with Crippen molar-refractivity contribution in [3.8, 4) is 0 Å². The van der Waals surface area contributed by atoms with Crippen LogP contribution >= 0.6 is 0 Å². The summed E-state index contributed by atoms with van der Waals surface area (Å²) in [5.74, 6) is 0.670. The molecule has 0 saturated carbocycles. The average molecular weight is 513 g/mol. The van der Waals surface area contributed by atoms with E-state index in [9.17, 15) is 26.3 Å². The van der Waals surface area contributed by atoms with Crippen molar-refractivity contribution in [3.63, 3.8) is 0 Å². The average Bonchev–Trinajstić information content (AvgIpc) is 3.27. The van der Waals surface area contributed by atoms with Crippen molar-refractivity contribution in [3.05, 3.63) is 76.6 Å². The van der Waals surface area contributed by atoms with Crippen LogP contribution in [0.15, 0.2) is 48.5 Å². The van der Waals surface area contributed by atoms with Crippen LogP contribution in [0.1, 0.15) is 60.0 Å². The Morgan fingerprint density at radius 1 is 1.06 bits per heavy atom. The van der Waals surface area contributed by atoms with Crippen LogP contribution in [0.5, 0.6) is 0 Å². The normalized spacial score (nSPS) is 21.9. The van der Waals surface area contributed by atoms with Crippen molar-refractivity contribution in [2.45, 2.75) is 56.7 Å². The number of nitrogens with one attached hydrogen (secondary N) is 1. The van der Waals surface area contributed by atoms with Crippen LogP contribution in [0, 0.1) is 6.92 Å². The maximum absolute atomic E-state index is 13.3. The van der Waals surface area contributed by atoms with Gasteiger partial charge in [-0.3, -0.25) is 0 Å². The molecule has 0 radical (unpaired) electrons. The maximum atomic E-state index is 13.3. The number of ether oxygens (including phenoxy) is 1. The highest BCUT2D eigenvalue weighted by Crippen LogP contribution is 2.39. The Kier molecular flexibility index (Phi) is 7.11. The van der Waals surface area contributed by atoms with Gasteiger partial charge < -0.3 is 10.1 Å². The minimum Gasteiger partial charge on any atom is -0.372 e. The van der Waals surface area contributed by atoms with Gasteiger partial charge in [0.1, 0.15) is 5.82 Å². The molecule has 0 amide bonds. The molecule has 1 saturated heterocycles. The van der Waals surface area contributed by atoms with Gasteiger partial charge in [0.2, 0.25) is 0 Å². The quantitative estimate of drug-likeness (QED) is 0.434. The number of rotatable bonds is 6. The molecule has 3 aromatic rings. The molecule has 4 rings (SSSR count). The van der Waals surface area contributed by atoms with Gasteiger partial charge in [0.15, 0.2) is 0 Å². The molecule has 2 aromatic carbocycles. The van der Waals surface area contributed by atoms with Crippen molar-refractivity contribution in [1.82, 2.24) is 25.5 Å². The Hall–Kier alpha value is -2.99. The van der Waals surface area contributed by atoms with Gasteiger partial charge >= 0.3 is 12.4 Å². The van der Waals surface area contributed by atoms with Crippen LogP contribution in [0.3, 0.4) is 0 Å². The number of nitrogens with zero attached hydrogens (tertiary/aromatic N) is 4. The molecule has 2 heterocycles. The fourth-order valence-electron chi connectivity index (χ4n) is 4.49. The van der Waals surface area contributed by atoms with E-state index in [1.807, 2.05) is 30.3 Å². The van der Waals surface area contributed by atoms with Gasteiger partial charge in [-0.1, -0.05) is 30.3 Å². The molecule has 3 unspecified atom stereocenters. The van der Waals surface area contributed by atoms with Gasteiger partial charge in [0.25, 0.3) is 0 Å². The van der Waals surface area contributed by atoms with Crippen molar-refractivity contribution < 1.29 is 31.1 Å². The molecule has 1 N–H and O–H groups in total. The Labute approximate surface area is 203 Å². The molecule has 0 bridgehead atoms. The maximum Gasteiger partial charge on any atom is 0.416 e. The molecule has 6 nitrogen and oxygen atoms in total. The third-order valence-electron chi connectivity index (χ3n) is 6.57. The Bertz CT molecular complexity index is 1140.